The smallest absolute Gasteiger partial charge is 0.220 e. The molecule has 1 aromatic heterocycles. The Hall–Kier alpha value is -2.12. The lowest BCUT2D eigenvalue weighted by Crippen LogP contribution is -2.43. The van der Waals surface area contributed by atoms with Crippen molar-refractivity contribution in [2.45, 2.75) is 31.8 Å². The number of benzene rings is 1. The minimum atomic E-state index is -0.171. The van der Waals surface area contributed by atoms with Crippen molar-refractivity contribution >= 4 is 21.8 Å². The Labute approximate surface area is 173 Å². The van der Waals surface area contributed by atoms with E-state index in [2.05, 4.69) is 31.9 Å². The molecule has 1 fully saturated rings. The van der Waals surface area contributed by atoms with Crippen LogP contribution in [0.3, 0.4) is 0 Å². The van der Waals surface area contributed by atoms with E-state index in [0.717, 1.165) is 61.3 Å². The molecule has 1 amide bonds. The summed E-state index contributed by atoms with van der Waals surface area (Å²) in [6.07, 6.45) is 5.54. The minimum Gasteiger partial charge on any atom is -0.489 e. The molecule has 4 rings (SSSR count). The van der Waals surface area contributed by atoms with Crippen LogP contribution in [0.1, 0.15) is 24.8 Å². The fraction of sp³-hybridized carbons (Fsp3) is 0.429. The van der Waals surface area contributed by atoms with Crippen LogP contribution in [0.2, 0.25) is 0 Å². The summed E-state index contributed by atoms with van der Waals surface area (Å²) < 4.78 is 13.0. The van der Waals surface area contributed by atoms with Crippen LogP contribution in [0.5, 0.6) is 17.4 Å². The van der Waals surface area contributed by atoms with E-state index in [9.17, 15) is 4.79 Å². The van der Waals surface area contributed by atoms with Crippen LogP contribution in [0.25, 0.3) is 0 Å². The molecule has 1 saturated heterocycles. The molecule has 7 heteroatoms. The van der Waals surface area contributed by atoms with Gasteiger partial charge in [0, 0.05) is 35.3 Å². The van der Waals surface area contributed by atoms with E-state index in [4.69, 9.17) is 15.2 Å². The van der Waals surface area contributed by atoms with Gasteiger partial charge in [-0.15, -0.1) is 0 Å². The molecule has 3 heterocycles. The average Bonchev–Trinajstić information content (AvgIpc) is 2.70. The van der Waals surface area contributed by atoms with Crippen molar-refractivity contribution in [2.24, 2.45) is 11.7 Å². The van der Waals surface area contributed by atoms with Gasteiger partial charge in [0.2, 0.25) is 11.8 Å². The van der Waals surface area contributed by atoms with Gasteiger partial charge in [-0.1, -0.05) is 6.07 Å². The summed E-state index contributed by atoms with van der Waals surface area (Å²) in [5.74, 6) is 2.01. The Morgan fingerprint density at radius 3 is 2.79 bits per heavy atom. The van der Waals surface area contributed by atoms with Crippen LogP contribution in [0.15, 0.2) is 41.0 Å². The molecule has 0 radical (unpaired) electrons. The van der Waals surface area contributed by atoms with Crippen molar-refractivity contribution in [1.82, 2.24) is 9.88 Å². The number of ether oxygens (including phenoxy) is 2. The summed E-state index contributed by atoms with van der Waals surface area (Å²) in [5.41, 5.74) is 6.63. The molecule has 2 aromatic rings. The predicted molar refractivity (Wildman–Crippen MR) is 110 cm³/mol. The van der Waals surface area contributed by atoms with Gasteiger partial charge in [-0.3, -0.25) is 9.69 Å². The Morgan fingerprint density at radius 2 is 2.07 bits per heavy atom. The van der Waals surface area contributed by atoms with Gasteiger partial charge in [0.15, 0.2) is 0 Å². The van der Waals surface area contributed by atoms with E-state index in [1.54, 1.807) is 6.20 Å². The first kappa shape index (κ1) is 19.2. The fourth-order valence-corrected chi connectivity index (χ4v) is 4.06. The zero-order valence-electron chi connectivity index (χ0n) is 15.6. The first-order valence-corrected chi connectivity index (χ1v) is 10.5. The molecular formula is C21H24BrN3O3. The van der Waals surface area contributed by atoms with Crippen LogP contribution in [-0.2, 0) is 11.2 Å². The summed E-state index contributed by atoms with van der Waals surface area (Å²) in [5, 5.41) is 0. The van der Waals surface area contributed by atoms with E-state index < -0.39 is 0 Å². The Balaban J connectivity index is 1.36. The van der Waals surface area contributed by atoms with Gasteiger partial charge in [-0.2, -0.15) is 0 Å². The number of likely N-dealkylation sites (tertiary alicyclic amines) is 1. The van der Waals surface area contributed by atoms with Crippen molar-refractivity contribution < 1.29 is 14.3 Å². The number of piperidine rings is 1. The molecule has 2 N–H and O–H groups in total. The van der Waals surface area contributed by atoms with Crippen molar-refractivity contribution in [3.63, 3.8) is 0 Å². The number of primary amides is 1. The number of carbonyl (C=O) groups is 1. The van der Waals surface area contributed by atoms with Crippen LogP contribution < -0.4 is 15.2 Å². The largest absolute Gasteiger partial charge is 0.489 e. The molecule has 2 aliphatic heterocycles. The number of aromatic nitrogens is 1. The molecule has 0 spiro atoms. The van der Waals surface area contributed by atoms with E-state index in [0.29, 0.717) is 5.88 Å². The predicted octanol–water partition coefficient (Wildman–Crippen LogP) is 3.53. The molecule has 1 unspecified atom stereocenters. The van der Waals surface area contributed by atoms with Gasteiger partial charge in [0.05, 0.1) is 0 Å². The molecule has 0 saturated carbocycles. The molecule has 28 heavy (non-hydrogen) atoms. The highest BCUT2D eigenvalue weighted by Gasteiger charge is 2.27. The molecule has 148 valence electrons. The lowest BCUT2D eigenvalue weighted by atomic mass is 9.95. The van der Waals surface area contributed by atoms with E-state index in [1.165, 1.54) is 5.56 Å². The second kappa shape index (κ2) is 8.49. The Kier molecular flexibility index (Phi) is 5.82. The second-order valence-corrected chi connectivity index (χ2v) is 8.36. The number of hydrogen-bond acceptors (Lipinski definition) is 5. The summed E-state index contributed by atoms with van der Waals surface area (Å²) in [4.78, 5) is 18.0. The zero-order chi connectivity index (χ0) is 19.5. The molecule has 6 nitrogen and oxygen atoms in total. The molecule has 1 aromatic carbocycles. The lowest BCUT2D eigenvalue weighted by molar-refractivity contribution is -0.123. The number of pyridine rings is 1. The highest BCUT2D eigenvalue weighted by Crippen LogP contribution is 2.33. The SMILES string of the molecule is NC(=O)C1CCN(CC2CCc3ccc(Oc4ccc(Br)cn4)cc3O2)CC1. The quantitative estimate of drug-likeness (QED) is 0.761. The number of nitrogens with zero attached hydrogens (tertiary/aromatic N) is 2. The Bertz CT molecular complexity index is 835. The summed E-state index contributed by atoms with van der Waals surface area (Å²) in [6.45, 7) is 2.68. The summed E-state index contributed by atoms with van der Waals surface area (Å²) in [7, 11) is 0. The average molecular weight is 446 g/mol. The van der Waals surface area contributed by atoms with Crippen LogP contribution >= 0.6 is 15.9 Å². The molecular weight excluding hydrogens is 422 g/mol. The number of hydrogen-bond donors (Lipinski definition) is 1. The van der Waals surface area contributed by atoms with E-state index >= 15 is 0 Å². The lowest BCUT2D eigenvalue weighted by Gasteiger charge is -2.35. The number of rotatable bonds is 5. The molecule has 0 aliphatic carbocycles. The van der Waals surface area contributed by atoms with Crippen LogP contribution in [0.4, 0.5) is 0 Å². The monoisotopic (exact) mass is 445 g/mol. The normalized spacial score (nSPS) is 20.2. The van der Waals surface area contributed by atoms with Gasteiger partial charge < -0.3 is 15.2 Å². The summed E-state index contributed by atoms with van der Waals surface area (Å²) >= 11 is 3.37. The number of aryl methyl sites for hydroxylation is 1. The highest BCUT2D eigenvalue weighted by atomic mass is 79.9. The van der Waals surface area contributed by atoms with Gasteiger partial charge in [-0.25, -0.2) is 4.98 Å². The fourth-order valence-electron chi connectivity index (χ4n) is 3.83. The maximum Gasteiger partial charge on any atom is 0.220 e. The van der Waals surface area contributed by atoms with Crippen molar-refractivity contribution in [2.75, 3.05) is 19.6 Å². The van der Waals surface area contributed by atoms with Gasteiger partial charge >= 0.3 is 0 Å². The van der Waals surface area contributed by atoms with Gasteiger partial charge in [0.25, 0.3) is 0 Å². The minimum absolute atomic E-state index is 0.0242. The van der Waals surface area contributed by atoms with Crippen LogP contribution in [-0.4, -0.2) is 41.5 Å². The molecule has 2 aliphatic rings. The van der Waals surface area contributed by atoms with Gasteiger partial charge in [0.1, 0.15) is 17.6 Å². The number of amides is 1. The zero-order valence-corrected chi connectivity index (χ0v) is 17.2. The first-order chi connectivity index (χ1) is 13.6. The van der Waals surface area contributed by atoms with E-state index in [-0.39, 0.29) is 17.9 Å². The topological polar surface area (TPSA) is 77.7 Å². The maximum absolute atomic E-state index is 11.3. The standard InChI is InChI=1S/C21H24BrN3O3/c22-16-3-6-20(24-12-16)28-17-4-1-14-2-5-18(27-19(14)11-17)13-25-9-7-15(8-10-25)21(23)26/h1,3-4,6,11-12,15,18H,2,5,7-10,13H2,(H2,23,26). The number of fused-ring (bicyclic) bond motifs is 1. The second-order valence-electron chi connectivity index (χ2n) is 7.44. The number of halogens is 1. The molecule has 1 atom stereocenters. The third-order valence-corrected chi connectivity index (χ3v) is 5.91. The maximum atomic E-state index is 11.3. The highest BCUT2D eigenvalue weighted by molar-refractivity contribution is 9.10. The van der Waals surface area contributed by atoms with Crippen molar-refractivity contribution in [3.8, 4) is 17.4 Å². The number of nitrogens with two attached hydrogens (primary N) is 1. The third kappa shape index (κ3) is 4.64. The van der Waals surface area contributed by atoms with Crippen molar-refractivity contribution in [3.05, 3.63) is 46.6 Å². The first-order valence-electron chi connectivity index (χ1n) is 9.67. The third-order valence-electron chi connectivity index (χ3n) is 5.44. The summed E-state index contributed by atoms with van der Waals surface area (Å²) in [6, 6.07) is 9.70. The molecule has 0 bridgehead atoms. The van der Waals surface area contributed by atoms with Crippen LogP contribution in [0, 0.1) is 5.92 Å². The number of carbonyl (C=O) groups excluding carboxylic acids is 1. The van der Waals surface area contributed by atoms with Crippen molar-refractivity contribution in [1.29, 1.82) is 0 Å². The van der Waals surface area contributed by atoms with E-state index in [1.807, 2.05) is 24.3 Å². The van der Waals surface area contributed by atoms with Gasteiger partial charge in [-0.05, 0) is 72.4 Å². The Morgan fingerprint density at radius 1 is 1.25 bits per heavy atom.